The minimum atomic E-state index is 0.729. The molecule has 8 heteroatoms. The van der Waals surface area contributed by atoms with Gasteiger partial charge in [-0.15, -0.1) is 0 Å². The Kier molecular flexibility index (Phi) is 8.12. The fourth-order valence-electron chi connectivity index (χ4n) is 4.04. The standard InChI is InChI=1S/C20H36N6O2/c1-17-14-19(23-28-17)16-25-8-10-26(11-9-25)20(21-2)22-15-18-4-6-24(7-5-18)12-13-27-3/h14,18H,4-13,15-16H2,1-3H3,(H,21,22). The summed E-state index contributed by atoms with van der Waals surface area (Å²) in [5.41, 5.74) is 1.02. The Morgan fingerprint density at radius 1 is 1.21 bits per heavy atom. The SMILES string of the molecule is CN=C(NCC1CCN(CCOC)CC1)N1CCN(Cc2cc(C)on2)CC1. The molecule has 0 unspecified atom stereocenters. The quantitative estimate of drug-likeness (QED) is 0.549. The van der Waals surface area contributed by atoms with Gasteiger partial charge in [-0.3, -0.25) is 9.89 Å². The van der Waals surface area contributed by atoms with Gasteiger partial charge >= 0.3 is 0 Å². The van der Waals surface area contributed by atoms with Gasteiger partial charge < -0.3 is 24.4 Å². The lowest BCUT2D eigenvalue weighted by molar-refractivity contribution is 0.120. The van der Waals surface area contributed by atoms with Crippen molar-refractivity contribution in [2.75, 3.05) is 73.1 Å². The third-order valence-electron chi connectivity index (χ3n) is 5.81. The van der Waals surface area contributed by atoms with Gasteiger partial charge in [-0.1, -0.05) is 5.16 Å². The van der Waals surface area contributed by atoms with Crippen molar-refractivity contribution in [3.63, 3.8) is 0 Å². The van der Waals surface area contributed by atoms with E-state index in [4.69, 9.17) is 9.26 Å². The van der Waals surface area contributed by atoms with E-state index in [-0.39, 0.29) is 0 Å². The number of nitrogens with one attached hydrogen (secondary N) is 1. The van der Waals surface area contributed by atoms with Crippen LogP contribution in [0.4, 0.5) is 0 Å². The molecule has 0 atom stereocenters. The molecule has 0 spiro atoms. The molecule has 28 heavy (non-hydrogen) atoms. The van der Waals surface area contributed by atoms with Gasteiger partial charge in [0, 0.05) is 66.0 Å². The summed E-state index contributed by atoms with van der Waals surface area (Å²) < 4.78 is 10.4. The van der Waals surface area contributed by atoms with E-state index in [9.17, 15) is 0 Å². The maximum atomic E-state index is 5.19. The smallest absolute Gasteiger partial charge is 0.193 e. The number of aromatic nitrogens is 1. The summed E-state index contributed by atoms with van der Waals surface area (Å²) in [4.78, 5) is 11.8. The zero-order valence-corrected chi connectivity index (χ0v) is 17.7. The largest absolute Gasteiger partial charge is 0.383 e. The van der Waals surface area contributed by atoms with Crippen molar-refractivity contribution in [3.05, 3.63) is 17.5 Å². The number of likely N-dealkylation sites (tertiary alicyclic amines) is 1. The summed E-state index contributed by atoms with van der Waals surface area (Å²) in [6.07, 6.45) is 2.50. The van der Waals surface area contributed by atoms with Crippen LogP contribution < -0.4 is 5.32 Å². The Bertz CT molecular complexity index is 604. The van der Waals surface area contributed by atoms with Crippen molar-refractivity contribution in [1.29, 1.82) is 0 Å². The molecule has 3 rings (SSSR count). The molecule has 2 fully saturated rings. The highest BCUT2D eigenvalue weighted by Gasteiger charge is 2.23. The maximum absolute atomic E-state index is 5.19. The molecule has 1 aromatic rings. The van der Waals surface area contributed by atoms with Crippen LogP contribution in [0.5, 0.6) is 0 Å². The molecular weight excluding hydrogens is 356 g/mol. The van der Waals surface area contributed by atoms with Crippen molar-refractivity contribution in [3.8, 4) is 0 Å². The Morgan fingerprint density at radius 3 is 2.57 bits per heavy atom. The van der Waals surface area contributed by atoms with Crippen LogP contribution >= 0.6 is 0 Å². The average molecular weight is 393 g/mol. The lowest BCUT2D eigenvalue weighted by Crippen LogP contribution is -2.53. The lowest BCUT2D eigenvalue weighted by atomic mass is 9.97. The van der Waals surface area contributed by atoms with Crippen molar-refractivity contribution in [1.82, 2.24) is 25.2 Å². The third-order valence-corrected chi connectivity index (χ3v) is 5.81. The molecule has 158 valence electrons. The van der Waals surface area contributed by atoms with Crippen LogP contribution in [0.2, 0.25) is 0 Å². The minimum Gasteiger partial charge on any atom is -0.383 e. The van der Waals surface area contributed by atoms with Gasteiger partial charge in [0.2, 0.25) is 0 Å². The maximum Gasteiger partial charge on any atom is 0.193 e. The van der Waals surface area contributed by atoms with Gasteiger partial charge in [0.1, 0.15) is 5.76 Å². The van der Waals surface area contributed by atoms with E-state index in [0.29, 0.717) is 0 Å². The van der Waals surface area contributed by atoms with Gasteiger partial charge in [0.15, 0.2) is 5.96 Å². The second kappa shape index (κ2) is 10.8. The highest BCUT2D eigenvalue weighted by molar-refractivity contribution is 5.80. The number of aryl methyl sites for hydroxylation is 1. The first-order valence-corrected chi connectivity index (χ1v) is 10.5. The first kappa shape index (κ1) is 21.1. The van der Waals surface area contributed by atoms with E-state index in [1.165, 1.54) is 25.9 Å². The second-order valence-corrected chi connectivity index (χ2v) is 7.90. The topological polar surface area (TPSA) is 69.4 Å². The molecule has 1 N–H and O–H groups in total. The van der Waals surface area contributed by atoms with Crippen molar-refractivity contribution in [2.24, 2.45) is 10.9 Å². The van der Waals surface area contributed by atoms with Crippen LogP contribution in [0.1, 0.15) is 24.3 Å². The molecule has 8 nitrogen and oxygen atoms in total. The minimum absolute atomic E-state index is 0.729. The van der Waals surface area contributed by atoms with E-state index in [1.807, 2.05) is 20.0 Å². The van der Waals surface area contributed by atoms with Crippen LogP contribution in [0, 0.1) is 12.8 Å². The van der Waals surface area contributed by atoms with Gasteiger partial charge in [0.05, 0.1) is 12.3 Å². The van der Waals surface area contributed by atoms with Crippen LogP contribution in [-0.4, -0.2) is 98.9 Å². The van der Waals surface area contributed by atoms with Crippen molar-refractivity contribution < 1.29 is 9.26 Å². The summed E-state index contributed by atoms with van der Waals surface area (Å²) in [6.45, 7) is 12.1. The fourth-order valence-corrected chi connectivity index (χ4v) is 4.04. The van der Waals surface area contributed by atoms with Gasteiger partial charge in [-0.05, 0) is 38.8 Å². The molecule has 2 aliphatic heterocycles. The summed E-state index contributed by atoms with van der Waals surface area (Å²) in [7, 11) is 3.66. The Labute approximate surface area is 168 Å². The number of nitrogens with zero attached hydrogens (tertiary/aromatic N) is 5. The number of piperidine rings is 1. The predicted molar refractivity (Wildman–Crippen MR) is 110 cm³/mol. The number of hydrogen-bond donors (Lipinski definition) is 1. The number of aliphatic imine (C=N–C) groups is 1. The number of ether oxygens (including phenoxy) is 1. The number of hydrogen-bond acceptors (Lipinski definition) is 6. The number of rotatable bonds is 7. The molecule has 0 radical (unpaired) electrons. The zero-order valence-electron chi connectivity index (χ0n) is 17.7. The molecule has 2 aliphatic rings. The molecule has 0 saturated carbocycles. The molecule has 3 heterocycles. The second-order valence-electron chi connectivity index (χ2n) is 7.90. The Balaban J connectivity index is 1.36. The Morgan fingerprint density at radius 2 is 1.96 bits per heavy atom. The molecule has 0 bridgehead atoms. The van der Waals surface area contributed by atoms with Gasteiger partial charge in [-0.25, -0.2) is 0 Å². The van der Waals surface area contributed by atoms with Crippen molar-refractivity contribution in [2.45, 2.75) is 26.3 Å². The number of methoxy groups -OCH3 is 1. The fraction of sp³-hybridized carbons (Fsp3) is 0.800. The Hall–Kier alpha value is -1.64. The van der Waals surface area contributed by atoms with E-state index in [1.54, 1.807) is 7.11 Å². The van der Waals surface area contributed by atoms with Crippen molar-refractivity contribution >= 4 is 5.96 Å². The van der Waals surface area contributed by atoms with Crippen LogP contribution in [0.3, 0.4) is 0 Å². The summed E-state index contributed by atoms with van der Waals surface area (Å²) >= 11 is 0. The average Bonchev–Trinajstić information content (AvgIpc) is 3.13. The van der Waals surface area contributed by atoms with Crippen LogP contribution in [0.25, 0.3) is 0 Å². The highest BCUT2D eigenvalue weighted by Crippen LogP contribution is 2.16. The normalized spacial score (nSPS) is 20.7. The van der Waals surface area contributed by atoms with E-state index < -0.39 is 0 Å². The highest BCUT2D eigenvalue weighted by atomic mass is 16.5. The van der Waals surface area contributed by atoms with E-state index >= 15 is 0 Å². The molecular formula is C20H36N6O2. The number of piperazine rings is 1. The summed E-state index contributed by atoms with van der Waals surface area (Å²) in [5.74, 6) is 2.65. The zero-order chi connectivity index (χ0) is 19.8. The first-order valence-electron chi connectivity index (χ1n) is 10.5. The van der Waals surface area contributed by atoms with E-state index in [0.717, 1.165) is 75.8 Å². The lowest BCUT2D eigenvalue weighted by Gasteiger charge is -2.37. The van der Waals surface area contributed by atoms with Gasteiger partial charge in [-0.2, -0.15) is 0 Å². The molecule has 0 aliphatic carbocycles. The monoisotopic (exact) mass is 392 g/mol. The summed E-state index contributed by atoms with van der Waals surface area (Å²) in [5, 5.41) is 7.73. The summed E-state index contributed by atoms with van der Waals surface area (Å²) in [6, 6.07) is 2.02. The van der Waals surface area contributed by atoms with E-state index in [2.05, 4.69) is 30.2 Å². The number of guanidine groups is 1. The predicted octanol–water partition coefficient (Wildman–Crippen LogP) is 1.03. The molecule has 0 aromatic carbocycles. The first-order chi connectivity index (χ1) is 13.7. The third kappa shape index (κ3) is 6.18. The van der Waals surface area contributed by atoms with Gasteiger partial charge in [0.25, 0.3) is 0 Å². The van der Waals surface area contributed by atoms with Crippen LogP contribution in [-0.2, 0) is 11.3 Å². The van der Waals surface area contributed by atoms with Crippen LogP contribution in [0.15, 0.2) is 15.6 Å². The molecule has 2 saturated heterocycles. The molecule has 1 aromatic heterocycles. The molecule has 0 amide bonds.